The molecule has 2 aromatic rings. The Morgan fingerprint density at radius 2 is 1.85 bits per heavy atom. The van der Waals surface area contributed by atoms with Gasteiger partial charge in [-0.05, 0) is 38.2 Å². The van der Waals surface area contributed by atoms with Crippen LogP contribution < -0.4 is 5.32 Å². The third kappa shape index (κ3) is 4.22. The number of aromatic nitrogens is 2. The first-order valence-corrected chi connectivity index (χ1v) is 9.72. The summed E-state index contributed by atoms with van der Waals surface area (Å²) in [5.41, 5.74) is 2.46. The van der Waals surface area contributed by atoms with E-state index in [9.17, 15) is 5.11 Å². The Kier molecular flexibility index (Phi) is 5.18. The van der Waals surface area contributed by atoms with Gasteiger partial charge in [-0.25, -0.2) is 9.97 Å². The van der Waals surface area contributed by atoms with Gasteiger partial charge < -0.3 is 10.4 Å². The van der Waals surface area contributed by atoms with E-state index in [2.05, 4.69) is 56.6 Å². The lowest BCUT2D eigenvalue weighted by molar-refractivity contribution is 0.0731. The van der Waals surface area contributed by atoms with E-state index in [0.29, 0.717) is 12.0 Å². The Morgan fingerprint density at radius 3 is 2.54 bits per heavy atom. The van der Waals surface area contributed by atoms with Gasteiger partial charge in [-0.15, -0.1) is 0 Å². The lowest BCUT2D eigenvalue weighted by atomic mass is 9.80. The van der Waals surface area contributed by atoms with Crippen molar-refractivity contribution < 1.29 is 5.11 Å². The highest BCUT2D eigenvalue weighted by Gasteiger charge is 2.30. The SMILES string of the molecule is Cc1nc(NC2CCN(Cc3ccccc3)CC2)cc(C2CC(O)C2)n1. The minimum atomic E-state index is -0.152. The first-order valence-electron chi connectivity index (χ1n) is 9.72. The number of hydrogen-bond acceptors (Lipinski definition) is 5. The number of aliphatic hydroxyl groups is 1. The molecule has 5 nitrogen and oxygen atoms in total. The Morgan fingerprint density at radius 1 is 1.12 bits per heavy atom. The van der Waals surface area contributed by atoms with Crippen molar-refractivity contribution in [3.8, 4) is 0 Å². The van der Waals surface area contributed by atoms with Gasteiger partial charge in [-0.3, -0.25) is 4.90 Å². The van der Waals surface area contributed by atoms with Gasteiger partial charge in [0.25, 0.3) is 0 Å². The maximum absolute atomic E-state index is 9.55. The first kappa shape index (κ1) is 17.4. The third-order valence-electron chi connectivity index (χ3n) is 5.58. The van der Waals surface area contributed by atoms with Crippen molar-refractivity contribution in [3.05, 3.63) is 53.5 Å². The highest BCUT2D eigenvalue weighted by atomic mass is 16.3. The molecule has 26 heavy (non-hydrogen) atoms. The highest BCUT2D eigenvalue weighted by molar-refractivity contribution is 5.39. The fraction of sp³-hybridized carbons (Fsp3) is 0.524. The maximum atomic E-state index is 9.55. The van der Waals surface area contributed by atoms with E-state index in [1.807, 2.05) is 6.92 Å². The molecule has 1 aliphatic carbocycles. The van der Waals surface area contributed by atoms with Crippen LogP contribution in [0.5, 0.6) is 0 Å². The van der Waals surface area contributed by atoms with Gasteiger partial charge in [0.1, 0.15) is 11.6 Å². The molecule has 5 heteroatoms. The third-order valence-corrected chi connectivity index (χ3v) is 5.58. The molecular formula is C21H28N4O. The average molecular weight is 352 g/mol. The number of likely N-dealkylation sites (tertiary alicyclic amines) is 1. The van der Waals surface area contributed by atoms with Gasteiger partial charge >= 0.3 is 0 Å². The molecule has 1 saturated heterocycles. The first-order chi connectivity index (χ1) is 12.7. The molecule has 2 N–H and O–H groups in total. The quantitative estimate of drug-likeness (QED) is 0.866. The summed E-state index contributed by atoms with van der Waals surface area (Å²) in [6.45, 7) is 5.21. The lowest BCUT2D eigenvalue weighted by Crippen LogP contribution is -2.38. The summed E-state index contributed by atoms with van der Waals surface area (Å²) in [4.78, 5) is 11.7. The average Bonchev–Trinajstić information content (AvgIpc) is 2.61. The largest absolute Gasteiger partial charge is 0.393 e. The number of anilines is 1. The molecule has 0 spiro atoms. The second-order valence-corrected chi connectivity index (χ2v) is 7.73. The van der Waals surface area contributed by atoms with Crippen LogP contribution >= 0.6 is 0 Å². The van der Waals surface area contributed by atoms with Crippen molar-refractivity contribution in [2.45, 2.75) is 57.2 Å². The van der Waals surface area contributed by atoms with Crippen molar-refractivity contribution >= 4 is 5.82 Å². The second-order valence-electron chi connectivity index (χ2n) is 7.73. The van der Waals surface area contributed by atoms with Crippen LogP contribution in [0.3, 0.4) is 0 Å². The van der Waals surface area contributed by atoms with Gasteiger partial charge in [-0.1, -0.05) is 30.3 Å². The van der Waals surface area contributed by atoms with Crippen LogP contribution in [0.25, 0.3) is 0 Å². The second kappa shape index (κ2) is 7.72. The van der Waals surface area contributed by atoms with E-state index in [1.54, 1.807) is 0 Å². The number of aliphatic hydroxyl groups excluding tert-OH is 1. The molecule has 1 aliphatic heterocycles. The number of nitrogens with zero attached hydrogens (tertiary/aromatic N) is 3. The van der Waals surface area contributed by atoms with E-state index in [1.165, 1.54) is 5.56 Å². The van der Waals surface area contributed by atoms with E-state index < -0.39 is 0 Å². The summed E-state index contributed by atoms with van der Waals surface area (Å²) in [6.07, 6.45) is 3.77. The zero-order chi connectivity index (χ0) is 17.9. The molecular weight excluding hydrogens is 324 g/mol. The summed E-state index contributed by atoms with van der Waals surface area (Å²) in [7, 11) is 0. The highest BCUT2D eigenvalue weighted by Crippen LogP contribution is 2.36. The molecule has 138 valence electrons. The predicted molar refractivity (Wildman–Crippen MR) is 103 cm³/mol. The minimum absolute atomic E-state index is 0.152. The molecule has 0 atom stereocenters. The number of nitrogens with one attached hydrogen (secondary N) is 1. The zero-order valence-electron chi connectivity index (χ0n) is 15.4. The normalized spacial score (nSPS) is 24.2. The van der Waals surface area contributed by atoms with Gasteiger partial charge in [0.2, 0.25) is 0 Å². The molecule has 1 aromatic carbocycles. The molecule has 0 amide bonds. The molecule has 2 heterocycles. The monoisotopic (exact) mass is 352 g/mol. The summed E-state index contributed by atoms with van der Waals surface area (Å²) < 4.78 is 0. The van der Waals surface area contributed by atoms with Crippen LogP contribution in [0.1, 0.15) is 48.7 Å². The lowest BCUT2D eigenvalue weighted by Gasteiger charge is -2.33. The van der Waals surface area contributed by atoms with Gasteiger partial charge in [-0.2, -0.15) is 0 Å². The number of benzene rings is 1. The van der Waals surface area contributed by atoms with E-state index in [4.69, 9.17) is 0 Å². The molecule has 1 saturated carbocycles. The van der Waals surface area contributed by atoms with Crippen LogP contribution in [0.15, 0.2) is 36.4 Å². The van der Waals surface area contributed by atoms with Gasteiger partial charge in [0, 0.05) is 43.4 Å². The summed E-state index contributed by atoms with van der Waals surface area (Å²) in [5, 5.41) is 13.2. The van der Waals surface area contributed by atoms with E-state index >= 15 is 0 Å². The summed E-state index contributed by atoms with van der Waals surface area (Å²) >= 11 is 0. The van der Waals surface area contributed by atoms with Crippen molar-refractivity contribution in [3.63, 3.8) is 0 Å². The van der Waals surface area contributed by atoms with Crippen LogP contribution in [0, 0.1) is 6.92 Å². The van der Waals surface area contributed by atoms with Crippen LogP contribution in [0.4, 0.5) is 5.82 Å². The Hall–Kier alpha value is -1.98. The number of piperidine rings is 1. The molecule has 4 rings (SSSR count). The maximum Gasteiger partial charge on any atom is 0.130 e. The van der Waals surface area contributed by atoms with Crippen molar-refractivity contribution in [1.82, 2.24) is 14.9 Å². The standard InChI is InChI=1S/C21H28N4O/c1-15-22-20(17-11-19(26)12-17)13-21(23-15)24-18-7-9-25(10-8-18)14-16-5-3-2-4-6-16/h2-6,13,17-19,26H,7-12,14H2,1H3,(H,22,23,24). The Balaban J connectivity index is 1.31. The molecule has 0 radical (unpaired) electrons. The summed E-state index contributed by atoms with van der Waals surface area (Å²) in [5.74, 6) is 2.14. The fourth-order valence-corrected chi connectivity index (χ4v) is 3.99. The molecule has 1 aromatic heterocycles. The van der Waals surface area contributed by atoms with Crippen LogP contribution in [-0.2, 0) is 6.54 Å². The number of rotatable bonds is 5. The Labute approximate surface area is 155 Å². The predicted octanol–water partition coefficient (Wildman–Crippen LogP) is 3.10. The van der Waals surface area contributed by atoms with E-state index in [0.717, 1.165) is 62.7 Å². The van der Waals surface area contributed by atoms with Crippen molar-refractivity contribution in [1.29, 1.82) is 0 Å². The molecule has 2 aliphatic rings. The number of aryl methyl sites for hydroxylation is 1. The molecule has 0 bridgehead atoms. The zero-order valence-corrected chi connectivity index (χ0v) is 15.4. The number of hydrogen-bond donors (Lipinski definition) is 2. The molecule has 2 fully saturated rings. The van der Waals surface area contributed by atoms with Crippen LogP contribution in [-0.4, -0.2) is 45.2 Å². The smallest absolute Gasteiger partial charge is 0.130 e. The van der Waals surface area contributed by atoms with Gasteiger partial charge in [0.15, 0.2) is 0 Å². The minimum Gasteiger partial charge on any atom is -0.393 e. The van der Waals surface area contributed by atoms with Gasteiger partial charge in [0.05, 0.1) is 6.10 Å². The summed E-state index contributed by atoms with van der Waals surface area (Å²) in [6, 6.07) is 13.2. The van der Waals surface area contributed by atoms with Crippen LogP contribution in [0.2, 0.25) is 0 Å². The fourth-order valence-electron chi connectivity index (χ4n) is 3.99. The van der Waals surface area contributed by atoms with Crippen molar-refractivity contribution in [2.75, 3.05) is 18.4 Å². The Bertz CT molecular complexity index is 722. The van der Waals surface area contributed by atoms with Crippen molar-refractivity contribution in [2.24, 2.45) is 0 Å². The van der Waals surface area contributed by atoms with E-state index in [-0.39, 0.29) is 6.10 Å². The topological polar surface area (TPSA) is 61.3 Å². The molecule has 0 unspecified atom stereocenters.